The van der Waals surface area contributed by atoms with Crippen molar-refractivity contribution in [3.8, 4) is 6.07 Å². The summed E-state index contributed by atoms with van der Waals surface area (Å²) in [5.74, 6) is -0.357. The smallest absolute Gasteiger partial charge is 0.264 e. The van der Waals surface area contributed by atoms with Crippen molar-refractivity contribution in [1.82, 2.24) is 5.32 Å². The normalized spacial score (nSPS) is 14.5. The largest absolute Gasteiger partial charge is 0.351 e. The third-order valence-corrected chi connectivity index (χ3v) is 5.86. The third-order valence-electron chi connectivity index (χ3n) is 4.90. The number of nitrogens with one attached hydrogen (secondary N) is 1. The van der Waals surface area contributed by atoms with E-state index < -0.39 is 0 Å². The molecule has 1 N–H and O–H groups in total. The van der Waals surface area contributed by atoms with Crippen molar-refractivity contribution >= 4 is 29.1 Å². The quantitative estimate of drug-likeness (QED) is 0.430. The molecule has 4 nitrogen and oxygen atoms in total. The second kappa shape index (κ2) is 9.84. The molecule has 0 saturated carbocycles. The minimum atomic E-state index is -0.357. The molecule has 1 aliphatic heterocycles. The van der Waals surface area contributed by atoms with Crippen LogP contribution in [0.1, 0.15) is 11.1 Å². The van der Waals surface area contributed by atoms with Gasteiger partial charge in [0.05, 0.1) is 5.70 Å². The van der Waals surface area contributed by atoms with Crippen LogP contribution in [0.3, 0.4) is 0 Å². The lowest BCUT2D eigenvalue weighted by Gasteiger charge is -2.24. The number of rotatable bonds is 6. The van der Waals surface area contributed by atoms with Gasteiger partial charge in [-0.3, -0.25) is 4.79 Å². The van der Waals surface area contributed by atoms with Gasteiger partial charge in [0.2, 0.25) is 0 Å². The molecule has 3 aromatic rings. The molecule has 0 aromatic heterocycles. The zero-order chi connectivity index (χ0) is 21.5. The summed E-state index contributed by atoms with van der Waals surface area (Å²) in [4.78, 5) is 14.9. The Kier molecular flexibility index (Phi) is 6.51. The van der Waals surface area contributed by atoms with Crippen molar-refractivity contribution < 1.29 is 4.79 Å². The summed E-state index contributed by atoms with van der Waals surface area (Å²) in [5, 5.41) is 15.4. The van der Waals surface area contributed by atoms with E-state index in [0.717, 1.165) is 22.5 Å². The van der Waals surface area contributed by atoms with Crippen molar-refractivity contribution in [2.24, 2.45) is 0 Å². The number of amides is 1. The molecule has 0 bridgehead atoms. The van der Waals surface area contributed by atoms with Crippen molar-refractivity contribution in [3.05, 3.63) is 118 Å². The molecular formula is C26H21N3OS. The molecule has 0 fully saturated rings. The van der Waals surface area contributed by atoms with Crippen molar-refractivity contribution in [1.29, 1.82) is 5.26 Å². The number of hydrogen-bond acceptors (Lipinski definition) is 4. The Labute approximate surface area is 186 Å². The van der Waals surface area contributed by atoms with Crippen molar-refractivity contribution in [2.75, 3.05) is 11.4 Å². The van der Waals surface area contributed by atoms with Gasteiger partial charge < -0.3 is 10.2 Å². The maximum atomic E-state index is 12.9. The van der Waals surface area contributed by atoms with Crippen LogP contribution < -0.4 is 10.2 Å². The number of hydrogen-bond donors (Lipinski definition) is 1. The number of nitriles is 1. The number of para-hydroxylation sites is 1. The molecule has 4 rings (SSSR count). The molecule has 1 amide bonds. The fourth-order valence-corrected chi connectivity index (χ4v) is 4.42. The van der Waals surface area contributed by atoms with Crippen molar-refractivity contribution in [3.63, 3.8) is 0 Å². The summed E-state index contributed by atoms with van der Waals surface area (Å²) >= 11 is 1.40. The minimum absolute atomic E-state index is 0.115. The van der Waals surface area contributed by atoms with E-state index >= 15 is 0 Å². The van der Waals surface area contributed by atoms with Crippen LogP contribution in [-0.2, 0) is 11.2 Å². The average molecular weight is 424 g/mol. The number of carbonyl (C=O) groups excluding carboxylic acids is 1. The van der Waals surface area contributed by atoms with Crippen LogP contribution in [0.2, 0.25) is 0 Å². The molecule has 1 aliphatic rings. The third kappa shape index (κ3) is 4.71. The highest BCUT2D eigenvalue weighted by atomic mass is 32.2. The fourth-order valence-electron chi connectivity index (χ4n) is 3.39. The topological polar surface area (TPSA) is 56.1 Å². The Morgan fingerprint density at radius 3 is 2.16 bits per heavy atom. The standard InChI is InChI=1S/C26H21N3OS/c27-18-23(25(30)28-17-16-20-10-4-1-5-11-20)26-29(22-14-8-3-9-15-22)24(19-31-26)21-12-6-2-7-13-21/h1-15,19H,16-17H2,(H,28,30). The molecule has 152 valence electrons. The van der Waals surface area contributed by atoms with E-state index in [9.17, 15) is 10.1 Å². The second-order valence-electron chi connectivity index (χ2n) is 6.94. The summed E-state index contributed by atoms with van der Waals surface area (Å²) in [7, 11) is 0. The molecule has 0 atom stereocenters. The summed E-state index contributed by atoms with van der Waals surface area (Å²) in [6, 6.07) is 31.9. The fraction of sp³-hybridized carbons (Fsp3) is 0.0769. The van der Waals surface area contributed by atoms with Gasteiger partial charge in [0.15, 0.2) is 0 Å². The van der Waals surface area contributed by atoms with E-state index in [2.05, 4.69) is 11.4 Å². The zero-order valence-electron chi connectivity index (χ0n) is 16.9. The lowest BCUT2D eigenvalue weighted by Crippen LogP contribution is -2.29. The number of nitrogens with zero attached hydrogens (tertiary/aromatic N) is 2. The van der Waals surface area contributed by atoms with Gasteiger partial charge in [-0.2, -0.15) is 5.26 Å². The molecule has 31 heavy (non-hydrogen) atoms. The molecule has 0 saturated heterocycles. The summed E-state index contributed by atoms with van der Waals surface area (Å²) in [6.45, 7) is 0.469. The SMILES string of the molecule is N#CC(C(=O)NCCc1ccccc1)=C1SC=C(c2ccccc2)N1c1ccccc1. The van der Waals surface area contributed by atoms with E-state index in [0.29, 0.717) is 18.0 Å². The molecule has 1 heterocycles. The number of carbonyl (C=O) groups is 1. The first kappa shape index (κ1) is 20.5. The Morgan fingerprint density at radius 1 is 0.903 bits per heavy atom. The minimum Gasteiger partial charge on any atom is -0.351 e. The van der Waals surface area contributed by atoms with Gasteiger partial charge in [-0.15, -0.1) is 0 Å². The predicted molar refractivity (Wildman–Crippen MR) is 127 cm³/mol. The first-order valence-electron chi connectivity index (χ1n) is 10.0. The van der Waals surface area contributed by atoms with Gasteiger partial charge in [0, 0.05) is 17.6 Å². The second-order valence-corrected chi connectivity index (χ2v) is 7.80. The van der Waals surface area contributed by atoms with Crippen LogP contribution in [0.15, 0.2) is 107 Å². The van der Waals surface area contributed by atoms with Crippen molar-refractivity contribution in [2.45, 2.75) is 6.42 Å². The average Bonchev–Trinajstić information content (AvgIpc) is 3.26. The number of thioether (sulfide) groups is 1. The monoisotopic (exact) mass is 423 g/mol. The van der Waals surface area contributed by atoms with E-state index in [4.69, 9.17) is 0 Å². The Hall–Kier alpha value is -3.75. The predicted octanol–water partition coefficient (Wildman–Crippen LogP) is 5.33. The zero-order valence-corrected chi connectivity index (χ0v) is 17.7. The van der Waals surface area contributed by atoms with E-state index in [1.807, 2.05) is 101 Å². The van der Waals surface area contributed by atoms with Crippen LogP contribution in [0.4, 0.5) is 5.69 Å². The van der Waals surface area contributed by atoms with Crippen LogP contribution in [-0.4, -0.2) is 12.5 Å². The van der Waals surface area contributed by atoms with Gasteiger partial charge in [0.1, 0.15) is 16.7 Å². The molecule has 5 heteroatoms. The van der Waals surface area contributed by atoms with Crippen LogP contribution in [0, 0.1) is 11.3 Å². The van der Waals surface area contributed by atoms with E-state index in [-0.39, 0.29) is 11.5 Å². The lowest BCUT2D eigenvalue weighted by atomic mass is 10.1. The van der Waals surface area contributed by atoms with Crippen LogP contribution in [0.25, 0.3) is 5.70 Å². The highest BCUT2D eigenvalue weighted by Crippen LogP contribution is 2.44. The Bertz CT molecular complexity index is 1150. The van der Waals surface area contributed by atoms with Crippen LogP contribution >= 0.6 is 11.8 Å². The van der Waals surface area contributed by atoms with E-state index in [1.165, 1.54) is 11.8 Å². The molecule has 0 spiro atoms. The first-order chi connectivity index (χ1) is 15.3. The number of benzene rings is 3. The molecule has 0 unspecified atom stereocenters. The van der Waals surface area contributed by atoms with Crippen LogP contribution in [0.5, 0.6) is 0 Å². The van der Waals surface area contributed by atoms with Gasteiger partial charge in [-0.05, 0) is 29.7 Å². The van der Waals surface area contributed by atoms with Gasteiger partial charge in [-0.25, -0.2) is 0 Å². The van der Waals surface area contributed by atoms with Gasteiger partial charge in [-0.1, -0.05) is 90.6 Å². The maximum absolute atomic E-state index is 12.9. The Balaban J connectivity index is 1.61. The summed E-state index contributed by atoms with van der Waals surface area (Å²) < 4.78 is 0. The highest BCUT2D eigenvalue weighted by molar-refractivity contribution is 8.06. The molecule has 0 radical (unpaired) electrons. The molecular weight excluding hydrogens is 402 g/mol. The Morgan fingerprint density at radius 2 is 1.52 bits per heavy atom. The molecule has 0 aliphatic carbocycles. The first-order valence-corrected chi connectivity index (χ1v) is 10.9. The number of anilines is 1. The lowest BCUT2D eigenvalue weighted by molar-refractivity contribution is -0.117. The van der Waals surface area contributed by atoms with Gasteiger partial charge in [0.25, 0.3) is 5.91 Å². The maximum Gasteiger partial charge on any atom is 0.264 e. The van der Waals surface area contributed by atoms with E-state index in [1.54, 1.807) is 0 Å². The summed E-state index contributed by atoms with van der Waals surface area (Å²) in [6.07, 6.45) is 0.712. The summed E-state index contributed by atoms with van der Waals surface area (Å²) in [5.41, 5.74) is 4.13. The molecule has 3 aromatic carbocycles. The highest BCUT2D eigenvalue weighted by Gasteiger charge is 2.29. The van der Waals surface area contributed by atoms with Gasteiger partial charge >= 0.3 is 0 Å².